The Morgan fingerprint density at radius 3 is 2.50 bits per heavy atom. The molecule has 38 heavy (non-hydrogen) atoms. The SMILES string of the molecule is COc1cccc(OC)c1-n1c(NS(=O)(=O)[C@@H](C)Cc2ncc(F)c3c2ncn3C)nnc1-c1ccco1. The van der Waals surface area contributed by atoms with E-state index in [1.165, 1.54) is 42.9 Å². The lowest BCUT2D eigenvalue weighted by molar-refractivity contribution is 0.391. The van der Waals surface area contributed by atoms with Crippen LogP contribution in [0.4, 0.5) is 10.3 Å². The molecule has 1 aromatic carbocycles. The quantitative estimate of drug-likeness (QED) is 0.298. The van der Waals surface area contributed by atoms with Crippen LogP contribution in [0.5, 0.6) is 11.5 Å². The third-order valence-electron chi connectivity index (χ3n) is 6.04. The number of pyridine rings is 1. The number of aryl methyl sites for hydroxylation is 1. The molecule has 0 fully saturated rings. The van der Waals surface area contributed by atoms with Crippen molar-refractivity contribution in [2.75, 3.05) is 18.9 Å². The Morgan fingerprint density at radius 1 is 1.11 bits per heavy atom. The number of anilines is 1. The topological polar surface area (TPSA) is 139 Å². The van der Waals surface area contributed by atoms with Gasteiger partial charge in [-0.1, -0.05) is 6.07 Å². The van der Waals surface area contributed by atoms with E-state index in [0.29, 0.717) is 34.2 Å². The highest BCUT2D eigenvalue weighted by Gasteiger charge is 2.29. The van der Waals surface area contributed by atoms with E-state index < -0.39 is 21.1 Å². The van der Waals surface area contributed by atoms with Crippen LogP contribution < -0.4 is 14.2 Å². The number of imidazole rings is 1. The number of aromatic nitrogens is 6. The zero-order valence-electron chi connectivity index (χ0n) is 20.9. The van der Waals surface area contributed by atoms with Crippen molar-refractivity contribution in [2.24, 2.45) is 7.05 Å². The van der Waals surface area contributed by atoms with Crippen molar-refractivity contribution >= 4 is 27.0 Å². The first-order chi connectivity index (χ1) is 18.2. The average molecular weight is 542 g/mol. The van der Waals surface area contributed by atoms with E-state index in [1.54, 1.807) is 37.4 Å². The molecule has 5 aromatic rings. The molecule has 12 nitrogen and oxygen atoms in total. The fraction of sp³-hybridized carbons (Fsp3) is 0.250. The second kappa shape index (κ2) is 9.78. The maximum absolute atomic E-state index is 14.3. The van der Waals surface area contributed by atoms with Crippen LogP contribution in [0.1, 0.15) is 12.6 Å². The van der Waals surface area contributed by atoms with Gasteiger partial charge in [0.1, 0.15) is 28.2 Å². The molecule has 0 radical (unpaired) electrons. The van der Waals surface area contributed by atoms with Gasteiger partial charge in [0, 0.05) is 13.5 Å². The first-order valence-corrected chi connectivity index (χ1v) is 13.0. The van der Waals surface area contributed by atoms with E-state index in [0.717, 1.165) is 6.20 Å². The summed E-state index contributed by atoms with van der Waals surface area (Å²) in [7, 11) is 0.552. The van der Waals surface area contributed by atoms with Crippen LogP contribution in [0.2, 0.25) is 0 Å². The summed E-state index contributed by atoms with van der Waals surface area (Å²) in [5, 5.41) is 7.29. The number of para-hydroxylation sites is 1. The number of nitrogens with zero attached hydrogens (tertiary/aromatic N) is 6. The molecule has 14 heteroatoms. The van der Waals surface area contributed by atoms with Crippen molar-refractivity contribution in [1.82, 2.24) is 29.3 Å². The average Bonchev–Trinajstić information content (AvgIpc) is 3.65. The molecule has 0 bridgehead atoms. The molecule has 1 atom stereocenters. The molecule has 0 aliphatic heterocycles. The van der Waals surface area contributed by atoms with Crippen molar-refractivity contribution in [3.05, 3.63) is 60.6 Å². The fourth-order valence-electron chi connectivity index (χ4n) is 4.12. The maximum Gasteiger partial charge on any atom is 0.243 e. The first-order valence-electron chi connectivity index (χ1n) is 11.4. The second-order valence-corrected chi connectivity index (χ2v) is 10.5. The van der Waals surface area contributed by atoms with Crippen molar-refractivity contribution in [1.29, 1.82) is 0 Å². The van der Waals surface area contributed by atoms with E-state index in [-0.39, 0.29) is 23.7 Å². The van der Waals surface area contributed by atoms with Crippen LogP contribution in [0.25, 0.3) is 28.3 Å². The standard InChI is InChI=1S/C24H24FN7O5S/c1-14(11-16-20-21(15(25)12-26-16)31(2)13-27-20)38(33,34)30-24-29-28-23(19-9-6-10-37-19)32(24)22-17(35-3)7-5-8-18(22)36-4/h5-10,12-14H,11H2,1-4H3,(H,29,30)/t14-/m0/s1. The summed E-state index contributed by atoms with van der Waals surface area (Å²) in [6.45, 7) is 1.51. The van der Waals surface area contributed by atoms with Gasteiger partial charge in [-0.2, -0.15) is 0 Å². The Bertz CT molecular complexity index is 1690. The number of fused-ring (bicyclic) bond motifs is 1. The molecule has 0 spiro atoms. The van der Waals surface area contributed by atoms with Gasteiger partial charge in [0.05, 0.1) is 44.0 Å². The highest BCUT2D eigenvalue weighted by Crippen LogP contribution is 2.38. The van der Waals surface area contributed by atoms with Gasteiger partial charge < -0.3 is 18.5 Å². The number of benzene rings is 1. The van der Waals surface area contributed by atoms with Crippen LogP contribution in [0.15, 0.2) is 53.5 Å². The molecule has 4 heterocycles. The fourth-order valence-corrected chi connectivity index (χ4v) is 5.08. The van der Waals surface area contributed by atoms with Crippen LogP contribution in [0, 0.1) is 5.82 Å². The molecule has 0 unspecified atom stereocenters. The molecule has 198 valence electrons. The zero-order valence-corrected chi connectivity index (χ0v) is 21.7. The number of halogens is 1. The van der Waals surface area contributed by atoms with Gasteiger partial charge in [-0.25, -0.2) is 17.8 Å². The first kappa shape index (κ1) is 25.2. The van der Waals surface area contributed by atoms with Crippen LogP contribution in [-0.4, -0.2) is 57.2 Å². The van der Waals surface area contributed by atoms with Gasteiger partial charge in [0.15, 0.2) is 11.6 Å². The minimum Gasteiger partial charge on any atom is -0.494 e. The third-order valence-corrected chi connectivity index (χ3v) is 7.74. The summed E-state index contributed by atoms with van der Waals surface area (Å²) in [6, 6.07) is 8.47. The normalized spacial score (nSPS) is 12.6. The number of sulfonamides is 1. The number of furan rings is 1. The molecular formula is C24H24FN7O5S. The lowest BCUT2D eigenvalue weighted by Gasteiger charge is -2.18. The van der Waals surface area contributed by atoms with Gasteiger partial charge in [0.2, 0.25) is 21.8 Å². The van der Waals surface area contributed by atoms with Crippen LogP contribution in [-0.2, 0) is 23.5 Å². The minimum atomic E-state index is -4.06. The molecule has 0 aliphatic carbocycles. The second-order valence-electron chi connectivity index (χ2n) is 8.44. The monoisotopic (exact) mass is 541 g/mol. The summed E-state index contributed by atoms with van der Waals surface area (Å²) in [5.74, 6) is 0.690. The number of rotatable bonds is 9. The van der Waals surface area contributed by atoms with Crippen molar-refractivity contribution < 1.29 is 26.7 Å². The Kier molecular flexibility index (Phi) is 6.48. The van der Waals surface area contributed by atoms with Crippen molar-refractivity contribution in [3.63, 3.8) is 0 Å². The Hall–Kier alpha value is -4.46. The van der Waals surface area contributed by atoms with E-state index in [2.05, 4.69) is 24.9 Å². The molecular weight excluding hydrogens is 517 g/mol. The molecule has 1 N–H and O–H groups in total. The van der Waals surface area contributed by atoms with Gasteiger partial charge in [-0.15, -0.1) is 10.2 Å². The predicted octanol–water partition coefficient (Wildman–Crippen LogP) is 3.34. The van der Waals surface area contributed by atoms with Gasteiger partial charge in [0.25, 0.3) is 0 Å². The minimum absolute atomic E-state index is 0.0275. The Labute approximate surface area is 217 Å². The van der Waals surface area contributed by atoms with Crippen molar-refractivity contribution in [3.8, 4) is 28.8 Å². The Morgan fingerprint density at radius 2 is 1.84 bits per heavy atom. The van der Waals surface area contributed by atoms with Crippen LogP contribution in [0.3, 0.4) is 0 Å². The number of ether oxygens (including phenoxy) is 2. The predicted molar refractivity (Wildman–Crippen MR) is 136 cm³/mol. The molecule has 0 saturated heterocycles. The number of methoxy groups -OCH3 is 2. The molecule has 4 aromatic heterocycles. The molecule has 0 saturated carbocycles. The summed E-state index contributed by atoms with van der Waals surface area (Å²) in [5.41, 5.74) is 1.27. The summed E-state index contributed by atoms with van der Waals surface area (Å²) >= 11 is 0. The summed E-state index contributed by atoms with van der Waals surface area (Å²) in [4.78, 5) is 8.31. The highest BCUT2D eigenvalue weighted by molar-refractivity contribution is 7.93. The molecule has 5 rings (SSSR count). The van der Waals surface area contributed by atoms with Gasteiger partial charge in [-0.05, 0) is 31.2 Å². The highest BCUT2D eigenvalue weighted by atomic mass is 32.2. The van der Waals surface area contributed by atoms with Gasteiger partial charge in [-0.3, -0.25) is 14.3 Å². The lowest BCUT2D eigenvalue weighted by atomic mass is 10.2. The number of hydrogen-bond donors (Lipinski definition) is 1. The van der Waals surface area contributed by atoms with E-state index >= 15 is 0 Å². The smallest absolute Gasteiger partial charge is 0.243 e. The molecule has 0 amide bonds. The molecule has 0 aliphatic rings. The summed E-state index contributed by atoms with van der Waals surface area (Å²) < 4.78 is 63.4. The largest absolute Gasteiger partial charge is 0.494 e. The third kappa shape index (κ3) is 4.32. The van der Waals surface area contributed by atoms with E-state index in [1.807, 2.05) is 0 Å². The Balaban J connectivity index is 1.56. The summed E-state index contributed by atoms with van der Waals surface area (Å²) in [6.07, 6.45) is 3.95. The number of hydrogen-bond acceptors (Lipinski definition) is 9. The zero-order chi connectivity index (χ0) is 27.0. The van der Waals surface area contributed by atoms with Crippen molar-refractivity contribution in [2.45, 2.75) is 18.6 Å². The van der Waals surface area contributed by atoms with E-state index in [4.69, 9.17) is 13.9 Å². The van der Waals surface area contributed by atoms with E-state index in [9.17, 15) is 12.8 Å². The maximum atomic E-state index is 14.3. The lowest BCUT2D eigenvalue weighted by Crippen LogP contribution is -2.29. The number of nitrogens with one attached hydrogen (secondary N) is 1. The van der Waals surface area contributed by atoms with Gasteiger partial charge >= 0.3 is 0 Å². The van der Waals surface area contributed by atoms with Crippen LogP contribution >= 0.6 is 0 Å².